The average molecular weight is 405 g/mol. The highest BCUT2D eigenvalue weighted by molar-refractivity contribution is 5.51. The smallest absolute Gasteiger partial charge is 0.138 e. The van der Waals surface area contributed by atoms with Gasteiger partial charge in [-0.3, -0.25) is 14.3 Å². The van der Waals surface area contributed by atoms with E-state index in [1.54, 1.807) is 0 Å². The number of hydrogen-bond donors (Lipinski definition) is 1. The van der Waals surface area contributed by atoms with Crippen molar-refractivity contribution in [3.63, 3.8) is 0 Å². The van der Waals surface area contributed by atoms with E-state index in [9.17, 15) is 0 Å². The van der Waals surface area contributed by atoms with E-state index in [4.69, 9.17) is 9.97 Å². The van der Waals surface area contributed by atoms with E-state index in [0.29, 0.717) is 6.04 Å². The van der Waals surface area contributed by atoms with Gasteiger partial charge in [-0.05, 0) is 76.0 Å². The number of rotatable bonds is 7. The fourth-order valence-electron chi connectivity index (χ4n) is 5.01. The minimum absolute atomic E-state index is 0.373. The van der Waals surface area contributed by atoms with Crippen LogP contribution >= 0.6 is 0 Å². The largest absolute Gasteiger partial charge is 0.370 e. The number of likely N-dealkylation sites (tertiary alicyclic amines) is 1. The maximum Gasteiger partial charge on any atom is 0.138 e. The van der Waals surface area contributed by atoms with Crippen molar-refractivity contribution in [2.45, 2.75) is 44.7 Å². The normalized spacial score (nSPS) is 19.5. The molecule has 3 aromatic heterocycles. The fourth-order valence-corrected chi connectivity index (χ4v) is 5.01. The molecule has 1 atom stereocenters. The first-order chi connectivity index (χ1) is 14.8. The zero-order valence-electron chi connectivity index (χ0n) is 17.9. The topological polar surface area (TPSA) is 48.7 Å². The molecule has 30 heavy (non-hydrogen) atoms. The third-order valence-electron chi connectivity index (χ3n) is 6.58. The quantitative estimate of drug-likeness (QED) is 0.650. The molecule has 0 bridgehead atoms. The van der Waals surface area contributed by atoms with Crippen LogP contribution in [0.25, 0.3) is 5.65 Å². The van der Waals surface area contributed by atoms with Crippen molar-refractivity contribution < 1.29 is 0 Å². The summed E-state index contributed by atoms with van der Waals surface area (Å²) in [6, 6.07) is 11.0. The Morgan fingerprint density at radius 3 is 2.93 bits per heavy atom. The van der Waals surface area contributed by atoms with Gasteiger partial charge in [0, 0.05) is 32.0 Å². The van der Waals surface area contributed by atoms with Gasteiger partial charge in [0.1, 0.15) is 11.5 Å². The Kier molecular flexibility index (Phi) is 5.69. The first-order valence-corrected chi connectivity index (χ1v) is 11.4. The minimum Gasteiger partial charge on any atom is -0.370 e. The molecule has 6 heteroatoms. The molecule has 1 fully saturated rings. The second-order valence-corrected chi connectivity index (χ2v) is 8.72. The highest BCUT2D eigenvalue weighted by Gasteiger charge is 2.25. The lowest BCUT2D eigenvalue weighted by molar-refractivity contribution is 0.206. The standard InChI is InChI=1S/C24H32N6/c1-28(21-9-4-7-19-8-6-12-26-24(19)21)17-20-18-30-22(10-5-11-23(30)27-20)25-13-16-29-14-2-3-15-29/h5-6,8,10-12,18,21,25H,2-4,7,9,13-17H2,1H3/t21-/m0/s1. The summed E-state index contributed by atoms with van der Waals surface area (Å²) in [5.74, 6) is 1.12. The van der Waals surface area contributed by atoms with Crippen molar-refractivity contribution in [3.05, 3.63) is 59.7 Å². The van der Waals surface area contributed by atoms with E-state index in [1.807, 2.05) is 6.20 Å². The van der Waals surface area contributed by atoms with Crippen molar-refractivity contribution in [2.75, 3.05) is 38.5 Å². The summed E-state index contributed by atoms with van der Waals surface area (Å²) in [6.07, 6.45) is 10.3. The van der Waals surface area contributed by atoms with Crippen molar-refractivity contribution in [1.82, 2.24) is 24.2 Å². The van der Waals surface area contributed by atoms with Gasteiger partial charge in [-0.1, -0.05) is 12.1 Å². The number of anilines is 1. The summed E-state index contributed by atoms with van der Waals surface area (Å²) in [5.41, 5.74) is 4.76. The highest BCUT2D eigenvalue weighted by Crippen LogP contribution is 2.32. The maximum atomic E-state index is 4.90. The predicted molar refractivity (Wildman–Crippen MR) is 121 cm³/mol. The third-order valence-corrected chi connectivity index (χ3v) is 6.58. The zero-order valence-corrected chi connectivity index (χ0v) is 17.9. The first-order valence-electron chi connectivity index (χ1n) is 11.4. The van der Waals surface area contributed by atoms with Crippen LogP contribution in [0.5, 0.6) is 0 Å². The molecule has 0 spiro atoms. The van der Waals surface area contributed by atoms with Crippen LogP contribution in [0.3, 0.4) is 0 Å². The van der Waals surface area contributed by atoms with Gasteiger partial charge in [0.25, 0.3) is 0 Å². The number of imidazole rings is 1. The number of pyridine rings is 2. The van der Waals surface area contributed by atoms with Crippen molar-refractivity contribution in [2.24, 2.45) is 0 Å². The Balaban J connectivity index is 1.28. The zero-order chi connectivity index (χ0) is 20.3. The lowest BCUT2D eigenvalue weighted by Gasteiger charge is -2.31. The van der Waals surface area contributed by atoms with Gasteiger partial charge in [-0.25, -0.2) is 4.98 Å². The Labute approximate surface area is 178 Å². The third kappa shape index (κ3) is 4.07. The van der Waals surface area contributed by atoms with Crippen molar-refractivity contribution in [1.29, 1.82) is 0 Å². The molecule has 2 aliphatic rings. The summed E-state index contributed by atoms with van der Waals surface area (Å²) >= 11 is 0. The number of aromatic nitrogens is 3. The molecule has 0 amide bonds. The molecule has 1 aliphatic heterocycles. The molecule has 0 unspecified atom stereocenters. The molecule has 1 N–H and O–H groups in total. The summed E-state index contributed by atoms with van der Waals surface area (Å²) in [4.78, 5) is 14.6. The van der Waals surface area contributed by atoms with Crippen LogP contribution in [0.4, 0.5) is 5.82 Å². The molecule has 0 aromatic carbocycles. The van der Waals surface area contributed by atoms with Gasteiger partial charge >= 0.3 is 0 Å². The van der Waals surface area contributed by atoms with E-state index in [2.05, 4.69) is 63.1 Å². The lowest BCUT2D eigenvalue weighted by Crippen LogP contribution is -2.28. The summed E-state index contributed by atoms with van der Waals surface area (Å²) < 4.78 is 2.19. The number of aryl methyl sites for hydroxylation is 1. The van der Waals surface area contributed by atoms with E-state index in [1.165, 1.54) is 43.6 Å². The molecule has 4 heterocycles. The summed E-state index contributed by atoms with van der Waals surface area (Å²) in [5, 5.41) is 3.62. The number of nitrogens with one attached hydrogen (secondary N) is 1. The first kappa shape index (κ1) is 19.5. The second-order valence-electron chi connectivity index (χ2n) is 8.72. The van der Waals surface area contributed by atoms with Crippen LogP contribution < -0.4 is 5.32 Å². The molecule has 0 saturated carbocycles. The van der Waals surface area contributed by atoms with Crippen LogP contribution in [-0.4, -0.2) is 57.4 Å². The number of hydrogen-bond acceptors (Lipinski definition) is 5. The van der Waals surface area contributed by atoms with Gasteiger partial charge in [-0.15, -0.1) is 0 Å². The van der Waals surface area contributed by atoms with Gasteiger partial charge in [0.15, 0.2) is 0 Å². The highest BCUT2D eigenvalue weighted by atomic mass is 15.2. The molecule has 5 rings (SSSR count). The Bertz CT molecular complexity index is 990. The second kappa shape index (κ2) is 8.74. The van der Waals surface area contributed by atoms with Gasteiger partial charge < -0.3 is 10.2 Å². The molecule has 1 aliphatic carbocycles. The van der Waals surface area contributed by atoms with Crippen molar-refractivity contribution >= 4 is 11.5 Å². The van der Waals surface area contributed by atoms with Crippen LogP contribution in [-0.2, 0) is 13.0 Å². The van der Waals surface area contributed by atoms with Gasteiger partial charge in [-0.2, -0.15) is 0 Å². The Morgan fingerprint density at radius 1 is 1.13 bits per heavy atom. The maximum absolute atomic E-state index is 4.90. The summed E-state index contributed by atoms with van der Waals surface area (Å²) in [7, 11) is 2.20. The fraction of sp³-hybridized carbons (Fsp3) is 0.500. The molecular weight excluding hydrogens is 372 g/mol. The summed E-state index contributed by atoms with van der Waals surface area (Å²) in [6.45, 7) is 5.39. The predicted octanol–water partition coefficient (Wildman–Crippen LogP) is 3.75. The van der Waals surface area contributed by atoms with Gasteiger partial charge in [0.2, 0.25) is 0 Å². The molecule has 0 radical (unpaired) electrons. The Hall–Kier alpha value is -2.44. The van der Waals surface area contributed by atoms with Crippen molar-refractivity contribution in [3.8, 4) is 0 Å². The molecule has 3 aromatic rings. The molecular formula is C24H32N6. The van der Waals surface area contributed by atoms with E-state index < -0.39 is 0 Å². The number of fused-ring (bicyclic) bond motifs is 2. The SMILES string of the molecule is CN(Cc1cn2c(NCCN3CCCC3)cccc2n1)[C@H]1CCCc2cccnc21. The molecule has 6 nitrogen and oxygen atoms in total. The van der Waals surface area contributed by atoms with Crippen LogP contribution in [0.1, 0.15) is 48.7 Å². The van der Waals surface area contributed by atoms with Gasteiger partial charge in [0.05, 0.1) is 17.4 Å². The lowest BCUT2D eigenvalue weighted by atomic mass is 9.91. The van der Waals surface area contributed by atoms with E-state index in [-0.39, 0.29) is 0 Å². The average Bonchev–Trinajstić information content (AvgIpc) is 3.43. The van der Waals surface area contributed by atoms with Crippen LogP contribution in [0, 0.1) is 0 Å². The van der Waals surface area contributed by atoms with Crippen LogP contribution in [0.15, 0.2) is 42.7 Å². The van der Waals surface area contributed by atoms with Crippen LogP contribution in [0.2, 0.25) is 0 Å². The monoisotopic (exact) mass is 404 g/mol. The molecule has 158 valence electrons. The Morgan fingerprint density at radius 2 is 2.03 bits per heavy atom. The van der Waals surface area contributed by atoms with E-state index in [0.717, 1.165) is 49.6 Å². The minimum atomic E-state index is 0.373. The molecule has 1 saturated heterocycles. The van der Waals surface area contributed by atoms with E-state index >= 15 is 0 Å². The number of nitrogens with zero attached hydrogens (tertiary/aromatic N) is 5.